The molecule has 3 aromatic rings. The van der Waals surface area contributed by atoms with Crippen molar-refractivity contribution in [3.63, 3.8) is 0 Å². The number of hydrogen-bond donors (Lipinski definition) is 1. The van der Waals surface area contributed by atoms with Crippen molar-refractivity contribution in [1.82, 2.24) is 9.78 Å². The van der Waals surface area contributed by atoms with Crippen LogP contribution in [0.5, 0.6) is 5.75 Å². The second kappa shape index (κ2) is 7.97. The Morgan fingerprint density at radius 3 is 2.52 bits per heavy atom. The number of hydrogen-bond acceptors (Lipinski definition) is 6. The van der Waals surface area contributed by atoms with E-state index in [2.05, 4.69) is 5.10 Å². The third-order valence-electron chi connectivity index (χ3n) is 5.04. The molecule has 7 heteroatoms. The molecule has 1 aliphatic rings. The minimum absolute atomic E-state index is 0.254. The number of carbonyl (C=O) groups is 1. The zero-order valence-electron chi connectivity index (χ0n) is 16.4. The summed E-state index contributed by atoms with van der Waals surface area (Å²) in [4.78, 5) is 14.4. The van der Waals surface area contributed by atoms with Crippen LogP contribution in [0.1, 0.15) is 34.9 Å². The van der Waals surface area contributed by atoms with Gasteiger partial charge in [0, 0.05) is 17.8 Å². The molecule has 0 amide bonds. The molecule has 1 unspecified atom stereocenters. The molecule has 0 fully saturated rings. The van der Waals surface area contributed by atoms with Crippen LogP contribution in [0, 0.1) is 0 Å². The maximum atomic E-state index is 12.5. The third kappa shape index (κ3) is 3.45. The van der Waals surface area contributed by atoms with E-state index in [4.69, 9.17) is 9.47 Å². The molecule has 1 aliphatic heterocycles. The van der Waals surface area contributed by atoms with E-state index in [0.717, 1.165) is 16.9 Å². The van der Waals surface area contributed by atoms with Crippen LogP contribution >= 0.6 is 0 Å². The Labute approximate surface area is 169 Å². The normalized spacial score (nSPS) is 15.7. The summed E-state index contributed by atoms with van der Waals surface area (Å²) in [6.07, 6.45) is -0.370. The topological polar surface area (TPSA) is 76.8 Å². The van der Waals surface area contributed by atoms with Crippen molar-refractivity contribution in [1.29, 1.82) is 0 Å². The van der Waals surface area contributed by atoms with Gasteiger partial charge < -0.3 is 19.5 Å². The summed E-state index contributed by atoms with van der Waals surface area (Å²) in [5.74, 6) is 0.239. The summed E-state index contributed by atoms with van der Waals surface area (Å²) < 4.78 is 12.0. The first-order valence-electron chi connectivity index (χ1n) is 9.57. The standard InChI is InChI=1S/C22H23N3O4/c1-3-29-22(27)19-18-13-14-24(15-7-5-4-6-8-15)21(26)20(18)25(23-19)16-9-11-17(28-2)12-10-16/h4-12,21,26H,3,13-14H2,1-2H3. The second-order valence-corrected chi connectivity index (χ2v) is 6.70. The molecule has 2 heterocycles. The van der Waals surface area contributed by atoms with Crippen molar-refractivity contribution in [2.45, 2.75) is 19.6 Å². The van der Waals surface area contributed by atoms with Gasteiger partial charge in [0.25, 0.3) is 0 Å². The molecule has 0 aliphatic carbocycles. The van der Waals surface area contributed by atoms with E-state index >= 15 is 0 Å². The predicted octanol–water partition coefficient (Wildman–Crippen LogP) is 3.11. The largest absolute Gasteiger partial charge is 0.497 e. The van der Waals surface area contributed by atoms with E-state index in [1.165, 1.54) is 0 Å². The highest BCUT2D eigenvalue weighted by Crippen LogP contribution is 2.35. The average Bonchev–Trinajstić information content (AvgIpc) is 3.15. The Balaban J connectivity index is 1.82. The van der Waals surface area contributed by atoms with Gasteiger partial charge in [-0.05, 0) is 49.7 Å². The van der Waals surface area contributed by atoms with Gasteiger partial charge in [0.1, 0.15) is 5.75 Å². The van der Waals surface area contributed by atoms with Crippen LogP contribution in [0.3, 0.4) is 0 Å². The molecule has 150 valence electrons. The molecule has 0 saturated heterocycles. The van der Waals surface area contributed by atoms with Crippen molar-refractivity contribution >= 4 is 11.7 Å². The molecular weight excluding hydrogens is 370 g/mol. The minimum Gasteiger partial charge on any atom is -0.497 e. The van der Waals surface area contributed by atoms with Crippen molar-refractivity contribution in [3.05, 3.63) is 71.5 Å². The number of nitrogens with zero attached hydrogens (tertiary/aromatic N) is 3. The quantitative estimate of drug-likeness (QED) is 0.671. The maximum Gasteiger partial charge on any atom is 0.359 e. The molecule has 0 bridgehead atoms. The van der Waals surface area contributed by atoms with Gasteiger partial charge in [-0.25, -0.2) is 9.48 Å². The highest BCUT2D eigenvalue weighted by Gasteiger charge is 2.35. The Morgan fingerprint density at radius 1 is 1.14 bits per heavy atom. The lowest BCUT2D eigenvalue weighted by molar-refractivity contribution is 0.0517. The number of benzene rings is 2. The van der Waals surface area contributed by atoms with E-state index < -0.39 is 12.2 Å². The Kier molecular flexibility index (Phi) is 5.22. The summed E-state index contributed by atoms with van der Waals surface area (Å²) in [5, 5.41) is 15.8. The fourth-order valence-corrected chi connectivity index (χ4v) is 3.65. The smallest absolute Gasteiger partial charge is 0.359 e. The third-order valence-corrected chi connectivity index (χ3v) is 5.04. The van der Waals surface area contributed by atoms with E-state index in [0.29, 0.717) is 24.4 Å². The summed E-state index contributed by atoms with van der Waals surface area (Å²) in [6, 6.07) is 17.0. The number of ether oxygens (including phenoxy) is 2. The highest BCUT2D eigenvalue weighted by molar-refractivity contribution is 5.89. The Hall–Kier alpha value is -3.32. The number of aromatic nitrogens is 2. The molecule has 0 saturated carbocycles. The van der Waals surface area contributed by atoms with Crippen LogP contribution in [-0.4, -0.2) is 41.1 Å². The molecule has 4 rings (SSSR count). The molecular formula is C22H23N3O4. The Bertz CT molecular complexity index is 999. The number of para-hydroxylation sites is 1. The maximum absolute atomic E-state index is 12.5. The molecule has 7 nitrogen and oxygen atoms in total. The number of carbonyl (C=O) groups excluding carboxylic acids is 1. The molecule has 29 heavy (non-hydrogen) atoms. The van der Waals surface area contributed by atoms with Crippen LogP contribution in [0.4, 0.5) is 5.69 Å². The summed E-state index contributed by atoms with van der Waals surface area (Å²) in [5.41, 5.74) is 3.19. The first-order valence-corrected chi connectivity index (χ1v) is 9.57. The number of esters is 1. The van der Waals surface area contributed by atoms with Crippen LogP contribution in [-0.2, 0) is 11.2 Å². The van der Waals surface area contributed by atoms with Crippen LogP contribution in [0.25, 0.3) is 5.69 Å². The average molecular weight is 393 g/mol. The van der Waals surface area contributed by atoms with E-state index in [9.17, 15) is 9.90 Å². The monoisotopic (exact) mass is 393 g/mol. The fourth-order valence-electron chi connectivity index (χ4n) is 3.65. The van der Waals surface area contributed by atoms with Gasteiger partial charge in [-0.1, -0.05) is 18.2 Å². The van der Waals surface area contributed by atoms with Gasteiger partial charge in [0.05, 0.1) is 25.1 Å². The minimum atomic E-state index is -0.945. The van der Waals surface area contributed by atoms with Crippen LogP contribution < -0.4 is 9.64 Å². The number of aliphatic hydroxyl groups excluding tert-OH is 1. The zero-order chi connectivity index (χ0) is 20.4. The van der Waals surface area contributed by atoms with Gasteiger partial charge in [0.2, 0.25) is 0 Å². The van der Waals surface area contributed by atoms with Crippen molar-refractivity contribution < 1.29 is 19.4 Å². The van der Waals surface area contributed by atoms with E-state index in [-0.39, 0.29) is 12.3 Å². The molecule has 0 radical (unpaired) electrons. The lowest BCUT2D eigenvalue weighted by Crippen LogP contribution is -2.36. The number of anilines is 1. The van der Waals surface area contributed by atoms with E-state index in [1.54, 1.807) is 18.7 Å². The first-order chi connectivity index (χ1) is 14.1. The summed E-state index contributed by atoms with van der Waals surface area (Å²) in [7, 11) is 1.60. The lowest BCUT2D eigenvalue weighted by Gasteiger charge is -2.34. The SMILES string of the molecule is CCOC(=O)c1nn(-c2ccc(OC)cc2)c2c1CCN(c1ccccc1)C2O. The van der Waals surface area contributed by atoms with Crippen molar-refractivity contribution in [2.75, 3.05) is 25.2 Å². The van der Waals surface area contributed by atoms with Gasteiger partial charge >= 0.3 is 5.97 Å². The molecule has 1 atom stereocenters. The number of aliphatic hydroxyl groups is 1. The van der Waals surface area contributed by atoms with Crippen LogP contribution in [0.2, 0.25) is 0 Å². The number of methoxy groups -OCH3 is 1. The summed E-state index contributed by atoms with van der Waals surface area (Å²) in [6.45, 7) is 2.59. The van der Waals surface area contributed by atoms with E-state index in [1.807, 2.05) is 59.5 Å². The van der Waals surface area contributed by atoms with Crippen molar-refractivity contribution in [3.8, 4) is 11.4 Å². The molecule has 2 aromatic carbocycles. The number of rotatable bonds is 5. The van der Waals surface area contributed by atoms with Gasteiger partial charge in [0.15, 0.2) is 11.9 Å². The number of fused-ring (bicyclic) bond motifs is 1. The molecule has 1 N–H and O–H groups in total. The van der Waals surface area contributed by atoms with Gasteiger partial charge in [-0.2, -0.15) is 5.10 Å². The highest BCUT2D eigenvalue weighted by atomic mass is 16.5. The van der Waals surface area contributed by atoms with Gasteiger partial charge in [-0.15, -0.1) is 0 Å². The first kappa shape index (κ1) is 19.0. The second-order valence-electron chi connectivity index (χ2n) is 6.70. The van der Waals surface area contributed by atoms with Crippen molar-refractivity contribution in [2.24, 2.45) is 0 Å². The molecule has 0 spiro atoms. The summed E-state index contributed by atoms with van der Waals surface area (Å²) >= 11 is 0. The fraction of sp³-hybridized carbons (Fsp3) is 0.273. The predicted molar refractivity (Wildman–Crippen MR) is 109 cm³/mol. The lowest BCUT2D eigenvalue weighted by atomic mass is 10.0. The van der Waals surface area contributed by atoms with Gasteiger partial charge in [-0.3, -0.25) is 0 Å². The molecule has 1 aromatic heterocycles. The Morgan fingerprint density at radius 2 is 1.86 bits per heavy atom. The van der Waals surface area contributed by atoms with Crippen LogP contribution in [0.15, 0.2) is 54.6 Å². The zero-order valence-corrected chi connectivity index (χ0v) is 16.4.